The lowest BCUT2D eigenvalue weighted by Gasteiger charge is -2.13. The molecule has 0 radical (unpaired) electrons. The minimum absolute atomic E-state index is 0.0309. The van der Waals surface area contributed by atoms with Gasteiger partial charge in [-0.1, -0.05) is 23.2 Å². The Hall–Kier alpha value is -1.41. The molecule has 0 bridgehead atoms. The van der Waals surface area contributed by atoms with Gasteiger partial charge in [-0.3, -0.25) is 4.79 Å². The fourth-order valence-corrected chi connectivity index (χ4v) is 3.23. The average molecular weight is 362 g/mol. The fourth-order valence-electron chi connectivity index (χ4n) is 1.80. The predicted molar refractivity (Wildman–Crippen MR) is 84.9 cm³/mol. The normalized spacial score (nSPS) is 11.9. The Morgan fingerprint density at radius 2 is 1.77 bits per heavy atom. The van der Waals surface area contributed by atoms with Crippen LogP contribution in [0.25, 0.3) is 0 Å². The van der Waals surface area contributed by atoms with Gasteiger partial charge in [0.2, 0.25) is 10.0 Å². The van der Waals surface area contributed by atoms with Gasteiger partial charge >= 0.3 is 0 Å². The van der Waals surface area contributed by atoms with E-state index in [1.807, 2.05) is 0 Å². The van der Waals surface area contributed by atoms with Crippen molar-refractivity contribution in [3.8, 4) is 0 Å². The van der Waals surface area contributed by atoms with Gasteiger partial charge < -0.3 is 4.57 Å². The second-order valence-electron chi connectivity index (χ2n) is 4.74. The highest BCUT2D eigenvalue weighted by molar-refractivity contribution is 7.89. The van der Waals surface area contributed by atoms with Crippen LogP contribution in [0, 0.1) is 0 Å². The van der Waals surface area contributed by atoms with Gasteiger partial charge in [0.1, 0.15) is 10.3 Å². The molecule has 0 aromatic carbocycles. The molecule has 9 heteroatoms. The quantitative estimate of drug-likeness (QED) is 0.779. The van der Waals surface area contributed by atoms with Crippen LogP contribution in [0.5, 0.6) is 0 Å². The molecule has 2 rings (SSSR count). The molecule has 0 aliphatic rings. The molecule has 118 valence electrons. The van der Waals surface area contributed by atoms with Gasteiger partial charge in [0.25, 0.3) is 5.56 Å². The van der Waals surface area contributed by atoms with Crippen LogP contribution in [0.15, 0.2) is 40.2 Å². The third kappa shape index (κ3) is 3.67. The number of rotatable bonds is 4. The Morgan fingerprint density at radius 1 is 1.18 bits per heavy atom. The molecule has 22 heavy (non-hydrogen) atoms. The van der Waals surface area contributed by atoms with E-state index < -0.39 is 10.0 Å². The number of hydrogen-bond donors (Lipinski definition) is 0. The lowest BCUT2D eigenvalue weighted by Crippen LogP contribution is -2.26. The van der Waals surface area contributed by atoms with Crippen molar-refractivity contribution in [1.29, 1.82) is 0 Å². The predicted octanol–water partition coefficient (Wildman–Crippen LogP) is 1.85. The maximum absolute atomic E-state index is 12.1. The van der Waals surface area contributed by atoms with Gasteiger partial charge in [0.15, 0.2) is 0 Å². The smallest absolute Gasteiger partial charge is 0.250 e. The van der Waals surface area contributed by atoms with Crippen molar-refractivity contribution in [1.82, 2.24) is 13.9 Å². The highest BCUT2D eigenvalue weighted by Gasteiger charge is 2.18. The van der Waals surface area contributed by atoms with Crippen LogP contribution in [0.2, 0.25) is 10.3 Å². The molecule has 0 amide bonds. The van der Waals surface area contributed by atoms with Gasteiger partial charge in [0, 0.05) is 26.4 Å². The number of hydrogen-bond acceptors (Lipinski definition) is 4. The number of aromatic nitrogens is 2. The summed E-state index contributed by atoms with van der Waals surface area (Å²) in [7, 11) is -0.768. The average Bonchev–Trinajstić information content (AvgIpc) is 2.39. The SMILES string of the molecule is CN(C)S(=O)(=O)c1ccc(=O)n(Cc2cc(Cl)nc(Cl)c2)c1. The Morgan fingerprint density at radius 3 is 2.32 bits per heavy atom. The molecule has 0 atom stereocenters. The van der Waals surface area contributed by atoms with Crippen molar-refractivity contribution >= 4 is 33.2 Å². The molecule has 6 nitrogen and oxygen atoms in total. The van der Waals surface area contributed by atoms with Gasteiger partial charge in [-0.2, -0.15) is 0 Å². The van der Waals surface area contributed by atoms with E-state index >= 15 is 0 Å². The van der Waals surface area contributed by atoms with Crippen LogP contribution in [0.4, 0.5) is 0 Å². The monoisotopic (exact) mass is 361 g/mol. The maximum atomic E-state index is 12.1. The topological polar surface area (TPSA) is 72.3 Å². The van der Waals surface area contributed by atoms with Gasteiger partial charge in [-0.05, 0) is 23.8 Å². The number of nitrogens with zero attached hydrogens (tertiary/aromatic N) is 3. The highest BCUT2D eigenvalue weighted by Crippen LogP contribution is 2.16. The second kappa shape index (κ2) is 6.37. The Kier molecular flexibility index (Phi) is 4.91. The Labute approximate surface area is 138 Å². The second-order valence-corrected chi connectivity index (χ2v) is 7.67. The fraction of sp³-hybridized carbons (Fsp3) is 0.231. The molecule has 2 aromatic heterocycles. The summed E-state index contributed by atoms with van der Waals surface area (Å²) in [6.45, 7) is 0.136. The number of pyridine rings is 2. The summed E-state index contributed by atoms with van der Waals surface area (Å²) in [5, 5.41) is 0.403. The highest BCUT2D eigenvalue weighted by atomic mass is 35.5. The van der Waals surface area contributed by atoms with Crippen LogP contribution in [0.3, 0.4) is 0 Å². The third-order valence-electron chi connectivity index (χ3n) is 2.91. The summed E-state index contributed by atoms with van der Waals surface area (Å²) in [6, 6.07) is 5.61. The van der Waals surface area contributed by atoms with Crippen molar-refractivity contribution in [3.63, 3.8) is 0 Å². The van der Waals surface area contributed by atoms with Gasteiger partial charge in [0.05, 0.1) is 11.4 Å². The van der Waals surface area contributed by atoms with Crippen molar-refractivity contribution in [2.45, 2.75) is 11.4 Å². The van der Waals surface area contributed by atoms with E-state index in [-0.39, 0.29) is 27.3 Å². The first-order chi connectivity index (χ1) is 10.2. The molecule has 0 fully saturated rings. The van der Waals surface area contributed by atoms with Crippen molar-refractivity contribution in [2.75, 3.05) is 14.1 Å². The lowest BCUT2D eigenvalue weighted by molar-refractivity contribution is 0.519. The molecule has 0 spiro atoms. The molecule has 2 heterocycles. The maximum Gasteiger partial charge on any atom is 0.250 e. The molecule has 0 saturated heterocycles. The van der Waals surface area contributed by atoms with Crippen LogP contribution in [-0.2, 0) is 16.6 Å². The zero-order valence-corrected chi connectivity index (χ0v) is 14.2. The summed E-state index contributed by atoms with van der Waals surface area (Å²) in [5.41, 5.74) is 0.313. The summed E-state index contributed by atoms with van der Waals surface area (Å²) < 4.78 is 26.6. The standard InChI is InChI=1S/C13H13Cl2N3O3S/c1-17(2)22(20,21)10-3-4-13(19)18(8-10)7-9-5-11(14)16-12(15)6-9/h3-6,8H,7H2,1-2H3. The first-order valence-corrected chi connectivity index (χ1v) is 8.35. The molecule has 0 N–H and O–H groups in total. The van der Waals surface area contributed by atoms with E-state index in [2.05, 4.69) is 4.98 Å². The van der Waals surface area contributed by atoms with Crippen molar-refractivity contribution in [2.24, 2.45) is 0 Å². The number of halogens is 2. The summed E-state index contributed by atoms with van der Waals surface area (Å²) in [6.07, 6.45) is 1.29. The Balaban J connectivity index is 2.46. The van der Waals surface area contributed by atoms with Crippen LogP contribution in [0.1, 0.15) is 5.56 Å². The number of sulfonamides is 1. The molecule has 0 unspecified atom stereocenters. The van der Waals surface area contributed by atoms with Gasteiger partial charge in [-0.25, -0.2) is 17.7 Å². The zero-order valence-electron chi connectivity index (χ0n) is 11.8. The third-order valence-corrected chi connectivity index (χ3v) is 5.10. The first-order valence-electron chi connectivity index (χ1n) is 6.15. The zero-order chi connectivity index (χ0) is 16.5. The lowest BCUT2D eigenvalue weighted by atomic mass is 10.2. The molecule has 2 aromatic rings. The summed E-state index contributed by atoms with van der Waals surface area (Å²) in [4.78, 5) is 15.8. The van der Waals surface area contributed by atoms with E-state index in [0.29, 0.717) is 5.56 Å². The summed E-state index contributed by atoms with van der Waals surface area (Å²) in [5.74, 6) is 0. The van der Waals surface area contributed by atoms with E-state index in [9.17, 15) is 13.2 Å². The molecule has 0 aliphatic carbocycles. The van der Waals surface area contributed by atoms with Crippen LogP contribution in [-0.4, -0.2) is 36.4 Å². The van der Waals surface area contributed by atoms with E-state index in [1.54, 1.807) is 12.1 Å². The minimum Gasteiger partial charge on any atom is -0.310 e. The van der Waals surface area contributed by atoms with Crippen LogP contribution < -0.4 is 5.56 Å². The molecule has 0 aliphatic heterocycles. The molecule has 0 saturated carbocycles. The van der Waals surface area contributed by atoms with Crippen LogP contribution >= 0.6 is 23.2 Å². The molecular weight excluding hydrogens is 349 g/mol. The summed E-state index contributed by atoms with van der Waals surface area (Å²) >= 11 is 11.6. The van der Waals surface area contributed by atoms with E-state index in [1.165, 1.54) is 37.0 Å². The first kappa shape index (κ1) is 17.0. The van der Waals surface area contributed by atoms with Gasteiger partial charge in [-0.15, -0.1) is 0 Å². The van der Waals surface area contributed by atoms with E-state index in [4.69, 9.17) is 23.2 Å². The van der Waals surface area contributed by atoms with E-state index in [0.717, 1.165) is 4.31 Å². The Bertz CT molecular complexity index is 843. The van der Waals surface area contributed by atoms with Crippen molar-refractivity contribution in [3.05, 3.63) is 56.7 Å². The molecular formula is C13H13Cl2N3O3S. The minimum atomic E-state index is -3.62. The largest absolute Gasteiger partial charge is 0.310 e. The van der Waals surface area contributed by atoms with Crippen molar-refractivity contribution < 1.29 is 8.42 Å².